The first-order chi connectivity index (χ1) is 12.4. The largest absolute Gasteiger partial charge is 2.00 e. The molecule has 0 spiro atoms. The van der Waals surface area contributed by atoms with E-state index in [0.29, 0.717) is 20.3 Å². The van der Waals surface area contributed by atoms with Crippen LogP contribution in [0.1, 0.15) is 23.0 Å². The Balaban J connectivity index is 0.000000483. The van der Waals surface area contributed by atoms with E-state index in [9.17, 15) is 0 Å². The van der Waals surface area contributed by atoms with Gasteiger partial charge in [-0.2, -0.15) is 20.4 Å². The Morgan fingerprint density at radius 3 is 1.44 bits per heavy atom. The first-order valence-corrected chi connectivity index (χ1v) is 10.5. The second-order valence-corrected chi connectivity index (χ2v) is 7.41. The molecular formula is C16H18N4O2S4Zn. The molecule has 6 nitrogen and oxygen atoms in total. The minimum absolute atomic E-state index is 0. The molecule has 2 rings (SSSR count). The first kappa shape index (κ1) is 26.0. The summed E-state index contributed by atoms with van der Waals surface area (Å²) >= 11 is 12.4. The molecule has 0 amide bonds. The van der Waals surface area contributed by atoms with E-state index in [1.807, 2.05) is 50.6 Å². The molecule has 0 unspecified atom stereocenters. The van der Waals surface area contributed by atoms with Gasteiger partial charge in [0.1, 0.15) is 23.0 Å². The summed E-state index contributed by atoms with van der Waals surface area (Å²) in [5, 5.41) is 15.0. The first-order valence-electron chi connectivity index (χ1n) is 7.21. The Hall–Kier alpha value is -0.997. The third-order valence-corrected chi connectivity index (χ3v) is 4.55. The summed E-state index contributed by atoms with van der Waals surface area (Å²) in [6, 6.07) is 7.40. The number of furan rings is 2. The van der Waals surface area contributed by atoms with E-state index in [1.165, 1.54) is 36.0 Å². The molecule has 140 valence electrons. The zero-order valence-electron chi connectivity index (χ0n) is 15.4. The van der Waals surface area contributed by atoms with Gasteiger partial charge >= 0.3 is 19.5 Å². The average Bonchev–Trinajstić information content (AvgIpc) is 3.23. The van der Waals surface area contributed by atoms with Crippen LogP contribution in [0.2, 0.25) is 0 Å². The molecular weight excluding hydrogens is 474 g/mol. The number of thioether (sulfide) groups is 2. The molecule has 2 aromatic heterocycles. The number of hydrogen-bond donors (Lipinski definition) is 0. The molecule has 0 aliphatic rings. The molecule has 0 aliphatic heterocycles. The van der Waals surface area contributed by atoms with Crippen molar-refractivity contribution in [1.29, 1.82) is 0 Å². The van der Waals surface area contributed by atoms with Gasteiger partial charge in [-0.15, -0.1) is 23.5 Å². The van der Waals surface area contributed by atoms with E-state index in [4.69, 9.17) is 34.1 Å². The molecule has 27 heavy (non-hydrogen) atoms. The van der Waals surface area contributed by atoms with Gasteiger partial charge in [-0.3, -0.25) is 0 Å². The van der Waals surface area contributed by atoms with Gasteiger partial charge in [0, 0.05) is 0 Å². The Bertz CT molecular complexity index is 734. The summed E-state index contributed by atoms with van der Waals surface area (Å²) < 4.78 is 11.5. The van der Waals surface area contributed by atoms with Gasteiger partial charge < -0.3 is 34.1 Å². The molecule has 0 aromatic carbocycles. The van der Waals surface area contributed by atoms with Crippen LogP contribution in [0, 0.1) is 13.8 Å². The average molecular weight is 492 g/mol. The van der Waals surface area contributed by atoms with E-state index in [1.54, 1.807) is 0 Å². The van der Waals surface area contributed by atoms with Crippen molar-refractivity contribution in [3.8, 4) is 0 Å². The number of rotatable bonds is 4. The third kappa shape index (κ3) is 12.1. The Kier molecular flexibility index (Phi) is 14.4. The van der Waals surface area contributed by atoms with Crippen LogP contribution in [0.25, 0.3) is 0 Å². The topological polar surface area (TPSA) is 75.7 Å². The zero-order valence-corrected chi connectivity index (χ0v) is 21.6. The van der Waals surface area contributed by atoms with Crippen LogP contribution in [-0.2, 0) is 44.7 Å². The molecule has 2 aromatic rings. The molecule has 0 saturated heterocycles. The monoisotopic (exact) mass is 490 g/mol. The maximum Gasteiger partial charge on any atom is 2.00 e. The van der Waals surface area contributed by atoms with Crippen molar-refractivity contribution >= 4 is 70.0 Å². The van der Waals surface area contributed by atoms with Crippen molar-refractivity contribution in [2.24, 2.45) is 20.4 Å². The Labute approximate surface area is 191 Å². The zero-order chi connectivity index (χ0) is 19.4. The van der Waals surface area contributed by atoms with Crippen LogP contribution < -0.4 is 0 Å². The van der Waals surface area contributed by atoms with Crippen molar-refractivity contribution in [3.05, 3.63) is 47.3 Å². The molecule has 0 N–H and O–H groups in total. The third-order valence-electron chi connectivity index (χ3n) is 2.52. The second-order valence-electron chi connectivity index (χ2n) is 4.53. The standard InChI is InChI=1S/2C8H10N2OS2.Zn/c2*1-6-3-4-7(11-6)5-9-10-8(12)13-2;/h2*3-5H,1-2H3,(H,10,12);/q;;+2/p-2/b2*9-5+;. The van der Waals surface area contributed by atoms with E-state index in [0.717, 1.165) is 11.5 Å². The van der Waals surface area contributed by atoms with Gasteiger partial charge in [0.25, 0.3) is 0 Å². The Morgan fingerprint density at radius 1 is 0.815 bits per heavy atom. The van der Waals surface area contributed by atoms with Crippen molar-refractivity contribution in [3.63, 3.8) is 0 Å². The van der Waals surface area contributed by atoms with Gasteiger partial charge in [-0.05, 0) is 59.4 Å². The second kappa shape index (κ2) is 15.0. The van der Waals surface area contributed by atoms with E-state index in [-0.39, 0.29) is 19.5 Å². The van der Waals surface area contributed by atoms with Crippen LogP contribution in [-0.4, -0.2) is 33.7 Å². The Morgan fingerprint density at radius 2 is 1.19 bits per heavy atom. The fourth-order valence-electron chi connectivity index (χ4n) is 1.39. The fourth-order valence-corrected chi connectivity index (χ4v) is 1.74. The molecule has 2 heterocycles. The molecule has 0 aliphatic carbocycles. The summed E-state index contributed by atoms with van der Waals surface area (Å²) in [6.45, 7) is 3.75. The van der Waals surface area contributed by atoms with Gasteiger partial charge in [-0.1, -0.05) is 0 Å². The summed E-state index contributed by atoms with van der Waals surface area (Å²) in [6.07, 6.45) is 6.79. The van der Waals surface area contributed by atoms with Crippen LogP contribution in [0.3, 0.4) is 0 Å². The van der Waals surface area contributed by atoms with Gasteiger partial charge in [0.05, 0.1) is 12.4 Å². The summed E-state index contributed by atoms with van der Waals surface area (Å²) in [5.41, 5.74) is 0. The van der Waals surface area contributed by atoms with Crippen LogP contribution in [0.4, 0.5) is 0 Å². The number of nitrogens with zero attached hydrogens (tertiary/aromatic N) is 4. The predicted octanol–water partition coefficient (Wildman–Crippen LogP) is 4.37. The van der Waals surface area contributed by atoms with Crippen molar-refractivity contribution in [2.75, 3.05) is 12.5 Å². The minimum Gasteiger partial charge on any atom is -0.752 e. The molecule has 0 radical (unpaired) electrons. The summed E-state index contributed by atoms with van der Waals surface area (Å²) in [5.74, 6) is 3.08. The van der Waals surface area contributed by atoms with Crippen molar-refractivity contribution in [1.82, 2.24) is 0 Å². The summed E-state index contributed by atoms with van der Waals surface area (Å²) in [7, 11) is 0. The maximum absolute atomic E-state index is 5.24. The summed E-state index contributed by atoms with van der Waals surface area (Å²) in [4.78, 5) is 0. The fraction of sp³-hybridized carbons (Fsp3) is 0.250. The van der Waals surface area contributed by atoms with Crippen LogP contribution in [0.5, 0.6) is 0 Å². The normalized spacial score (nSPS) is 12.1. The van der Waals surface area contributed by atoms with Crippen molar-refractivity contribution in [2.45, 2.75) is 13.8 Å². The molecule has 0 bridgehead atoms. The van der Waals surface area contributed by atoms with Crippen LogP contribution >= 0.6 is 23.5 Å². The van der Waals surface area contributed by atoms with Gasteiger partial charge in [0.15, 0.2) is 0 Å². The SMILES string of the molecule is CS/C([S-])=N/N=C/c1ccc(C)o1.CS/C([S-])=N/N=C/c1ccc(C)o1.[Zn+2]. The smallest absolute Gasteiger partial charge is 0.752 e. The number of hydrogen-bond acceptors (Lipinski definition) is 10. The quantitative estimate of drug-likeness (QED) is 0.208. The minimum atomic E-state index is 0. The van der Waals surface area contributed by atoms with Crippen molar-refractivity contribution < 1.29 is 28.3 Å². The molecule has 0 fully saturated rings. The molecule has 11 heteroatoms. The number of aryl methyl sites for hydroxylation is 2. The van der Waals surface area contributed by atoms with Crippen LogP contribution in [0.15, 0.2) is 53.5 Å². The van der Waals surface area contributed by atoms with E-state index >= 15 is 0 Å². The predicted molar refractivity (Wildman–Crippen MR) is 119 cm³/mol. The molecule has 0 saturated carbocycles. The maximum atomic E-state index is 5.24. The van der Waals surface area contributed by atoms with Gasteiger partial charge in [0.2, 0.25) is 0 Å². The van der Waals surface area contributed by atoms with Gasteiger partial charge in [-0.25, -0.2) is 0 Å². The van der Waals surface area contributed by atoms with E-state index in [2.05, 4.69) is 20.4 Å². The molecule has 0 atom stereocenters. The van der Waals surface area contributed by atoms with E-state index < -0.39 is 0 Å².